The lowest BCUT2D eigenvalue weighted by Crippen LogP contribution is -2.29. The van der Waals surface area contributed by atoms with Gasteiger partial charge in [0.15, 0.2) is 0 Å². The lowest BCUT2D eigenvalue weighted by Gasteiger charge is -2.18. The van der Waals surface area contributed by atoms with Gasteiger partial charge in [0.05, 0.1) is 20.8 Å². The van der Waals surface area contributed by atoms with Crippen molar-refractivity contribution in [2.75, 3.05) is 54.1 Å². The van der Waals surface area contributed by atoms with Crippen LogP contribution in [0.1, 0.15) is 28.0 Å². The molecule has 0 aliphatic carbocycles. The SMILES string of the molecule is COC(=O)c1c(OCC2CC(=O)N(C)C2)cc(=O)n2c1CCN(C/C=C/c1ccc(OC)cc1)CC2. The van der Waals surface area contributed by atoms with Gasteiger partial charge in [0.2, 0.25) is 5.91 Å². The average molecular weight is 496 g/mol. The van der Waals surface area contributed by atoms with Crippen molar-refractivity contribution < 1.29 is 23.8 Å². The highest BCUT2D eigenvalue weighted by molar-refractivity contribution is 5.93. The summed E-state index contributed by atoms with van der Waals surface area (Å²) in [4.78, 5) is 41.5. The molecule has 1 amide bonds. The van der Waals surface area contributed by atoms with Crippen molar-refractivity contribution in [3.8, 4) is 11.5 Å². The molecule has 2 aliphatic heterocycles. The lowest BCUT2D eigenvalue weighted by molar-refractivity contribution is -0.126. The first-order valence-corrected chi connectivity index (χ1v) is 12.1. The van der Waals surface area contributed by atoms with E-state index < -0.39 is 5.97 Å². The molecule has 0 radical (unpaired) electrons. The Hall–Kier alpha value is -3.59. The molecule has 0 spiro atoms. The standard InChI is InChI=1S/C27H33N3O6/c1-28-17-20(15-24(28)31)18-36-23-16-25(32)30-14-13-29(12-10-22(30)26(23)27(33)35-3)11-4-5-19-6-8-21(34-2)9-7-19/h4-9,16,20H,10-15,17-18H2,1-3H3/b5-4+. The van der Waals surface area contributed by atoms with E-state index in [1.54, 1.807) is 23.6 Å². The van der Waals surface area contributed by atoms with Crippen LogP contribution >= 0.6 is 0 Å². The molecular weight excluding hydrogens is 462 g/mol. The van der Waals surface area contributed by atoms with Gasteiger partial charge in [0.25, 0.3) is 5.56 Å². The summed E-state index contributed by atoms with van der Waals surface area (Å²) in [5.41, 5.74) is 1.80. The third kappa shape index (κ3) is 5.79. The van der Waals surface area contributed by atoms with Crippen molar-refractivity contribution in [1.29, 1.82) is 0 Å². The molecule has 1 saturated heterocycles. The van der Waals surface area contributed by atoms with Gasteiger partial charge in [0.1, 0.15) is 17.1 Å². The Morgan fingerprint density at radius 3 is 2.56 bits per heavy atom. The number of rotatable bonds is 8. The van der Waals surface area contributed by atoms with Gasteiger partial charge in [-0.15, -0.1) is 0 Å². The maximum atomic E-state index is 13.0. The second kappa shape index (κ2) is 11.4. The molecule has 1 unspecified atom stereocenters. The molecule has 9 heteroatoms. The predicted molar refractivity (Wildman–Crippen MR) is 135 cm³/mol. The third-order valence-corrected chi connectivity index (χ3v) is 6.76. The number of carbonyl (C=O) groups is 2. The van der Waals surface area contributed by atoms with Crippen LogP contribution in [0.3, 0.4) is 0 Å². The van der Waals surface area contributed by atoms with Crippen molar-refractivity contribution >= 4 is 18.0 Å². The van der Waals surface area contributed by atoms with Gasteiger partial charge in [-0.2, -0.15) is 0 Å². The first kappa shape index (κ1) is 25.5. The monoisotopic (exact) mass is 495 g/mol. The number of carbonyl (C=O) groups excluding carboxylic acids is 2. The van der Waals surface area contributed by atoms with Crippen LogP contribution in [0.25, 0.3) is 6.08 Å². The topological polar surface area (TPSA) is 90.3 Å². The highest BCUT2D eigenvalue weighted by atomic mass is 16.5. The molecule has 2 aromatic rings. The minimum atomic E-state index is -0.527. The molecule has 192 valence electrons. The molecular formula is C27H33N3O6. The van der Waals surface area contributed by atoms with Crippen LogP contribution in [0, 0.1) is 5.92 Å². The summed E-state index contributed by atoms with van der Waals surface area (Å²) in [6.45, 7) is 3.39. The molecule has 2 aliphatic rings. The Balaban J connectivity index is 1.48. The number of nitrogens with zero attached hydrogens (tertiary/aromatic N) is 3. The second-order valence-corrected chi connectivity index (χ2v) is 9.19. The summed E-state index contributed by atoms with van der Waals surface area (Å²) in [7, 11) is 4.73. The minimum Gasteiger partial charge on any atom is -0.497 e. The molecule has 3 heterocycles. The third-order valence-electron chi connectivity index (χ3n) is 6.76. The largest absolute Gasteiger partial charge is 0.497 e. The number of likely N-dealkylation sites (tertiary alicyclic amines) is 1. The zero-order valence-corrected chi connectivity index (χ0v) is 21.1. The van der Waals surface area contributed by atoms with Crippen molar-refractivity contribution in [2.45, 2.75) is 19.4 Å². The first-order chi connectivity index (χ1) is 17.4. The Bertz CT molecular complexity index is 1190. The number of amides is 1. The maximum absolute atomic E-state index is 13.0. The number of methoxy groups -OCH3 is 2. The molecule has 0 bridgehead atoms. The summed E-state index contributed by atoms with van der Waals surface area (Å²) >= 11 is 0. The Kier molecular flexibility index (Phi) is 8.10. The Morgan fingerprint density at radius 2 is 1.89 bits per heavy atom. The van der Waals surface area contributed by atoms with Gasteiger partial charge < -0.3 is 23.7 Å². The fourth-order valence-electron chi connectivity index (χ4n) is 4.74. The summed E-state index contributed by atoms with van der Waals surface area (Å²) in [6, 6.07) is 9.21. The number of ether oxygens (including phenoxy) is 3. The smallest absolute Gasteiger partial charge is 0.343 e. The molecule has 1 aromatic carbocycles. The van der Waals surface area contributed by atoms with Crippen LogP contribution in [-0.2, 0) is 22.5 Å². The van der Waals surface area contributed by atoms with E-state index in [1.807, 2.05) is 24.3 Å². The molecule has 9 nitrogen and oxygen atoms in total. The number of hydrogen-bond acceptors (Lipinski definition) is 7. The van der Waals surface area contributed by atoms with Crippen molar-refractivity contribution in [3.05, 3.63) is 63.6 Å². The highest BCUT2D eigenvalue weighted by Gasteiger charge is 2.29. The maximum Gasteiger partial charge on any atom is 0.343 e. The van der Waals surface area contributed by atoms with Crippen molar-refractivity contribution in [2.24, 2.45) is 5.92 Å². The molecule has 1 fully saturated rings. The molecule has 1 aromatic heterocycles. The Labute approximate surface area is 210 Å². The number of fused-ring (bicyclic) bond motifs is 1. The van der Waals surface area contributed by atoms with Gasteiger partial charge >= 0.3 is 5.97 Å². The summed E-state index contributed by atoms with van der Waals surface area (Å²) in [6.07, 6.45) is 5.06. The number of esters is 1. The van der Waals surface area contributed by atoms with E-state index in [1.165, 1.54) is 13.2 Å². The zero-order chi connectivity index (χ0) is 25.7. The average Bonchev–Trinajstić information content (AvgIpc) is 3.06. The van der Waals surface area contributed by atoms with Crippen LogP contribution in [0.5, 0.6) is 11.5 Å². The predicted octanol–water partition coefficient (Wildman–Crippen LogP) is 2.07. The van der Waals surface area contributed by atoms with Crippen LogP contribution in [0.15, 0.2) is 41.2 Å². The number of benzene rings is 1. The van der Waals surface area contributed by atoms with Gasteiger partial charge in [-0.3, -0.25) is 14.5 Å². The van der Waals surface area contributed by atoms with Crippen LogP contribution in [0.4, 0.5) is 0 Å². The molecule has 4 rings (SSSR count). The summed E-state index contributed by atoms with van der Waals surface area (Å²) in [5.74, 6) is 0.605. The van der Waals surface area contributed by atoms with Gasteiger partial charge in [-0.05, 0) is 17.7 Å². The second-order valence-electron chi connectivity index (χ2n) is 9.19. The summed E-state index contributed by atoms with van der Waals surface area (Å²) < 4.78 is 17.9. The first-order valence-electron chi connectivity index (χ1n) is 12.1. The number of pyridine rings is 1. The normalized spacial score (nSPS) is 18.2. The molecule has 0 saturated carbocycles. The molecule has 1 atom stereocenters. The molecule has 36 heavy (non-hydrogen) atoms. The zero-order valence-electron chi connectivity index (χ0n) is 21.1. The number of aromatic nitrogens is 1. The fourth-order valence-corrected chi connectivity index (χ4v) is 4.74. The van der Waals surface area contributed by atoms with Gasteiger partial charge in [-0.1, -0.05) is 24.3 Å². The lowest BCUT2D eigenvalue weighted by atomic mass is 10.1. The molecule has 0 N–H and O–H groups in total. The highest BCUT2D eigenvalue weighted by Crippen LogP contribution is 2.26. The van der Waals surface area contributed by atoms with E-state index >= 15 is 0 Å². The van der Waals surface area contributed by atoms with E-state index in [-0.39, 0.29) is 29.7 Å². The summed E-state index contributed by atoms with van der Waals surface area (Å²) in [5, 5.41) is 0. The fraction of sp³-hybridized carbons (Fsp3) is 0.444. The number of hydrogen-bond donors (Lipinski definition) is 0. The minimum absolute atomic E-state index is 0.0162. The van der Waals surface area contributed by atoms with Crippen molar-refractivity contribution in [1.82, 2.24) is 14.4 Å². The van der Waals surface area contributed by atoms with E-state index in [0.29, 0.717) is 50.3 Å². The van der Waals surface area contributed by atoms with Crippen LogP contribution in [-0.4, -0.2) is 80.3 Å². The van der Waals surface area contributed by atoms with Crippen LogP contribution < -0.4 is 15.0 Å². The quantitative estimate of drug-likeness (QED) is 0.518. The Morgan fingerprint density at radius 1 is 1.11 bits per heavy atom. The van der Waals surface area contributed by atoms with E-state index in [9.17, 15) is 14.4 Å². The van der Waals surface area contributed by atoms with E-state index in [4.69, 9.17) is 14.2 Å². The van der Waals surface area contributed by atoms with Crippen molar-refractivity contribution in [3.63, 3.8) is 0 Å². The van der Waals surface area contributed by atoms with Gasteiger partial charge in [0, 0.05) is 70.3 Å². The van der Waals surface area contributed by atoms with E-state index in [2.05, 4.69) is 17.1 Å². The van der Waals surface area contributed by atoms with Crippen LogP contribution in [0.2, 0.25) is 0 Å². The van der Waals surface area contributed by atoms with Gasteiger partial charge in [-0.25, -0.2) is 4.79 Å². The van der Waals surface area contributed by atoms with E-state index in [0.717, 1.165) is 17.9 Å².